The van der Waals surface area contributed by atoms with Crippen molar-refractivity contribution in [3.63, 3.8) is 0 Å². The van der Waals surface area contributed by atoms with Gasteiger partial charge in [-0.05, 0) is 23.6 Å². The van der Waals surface area contributed by atoms with Gasteiger partial charge in [0.05, 0.1) is 11.6 Å². The van der Waals surface area contributed by atoms with Crippen molar-refractivity contribution in [3.05, 3.63) is 82.4 Å². The fourth-order valence-corrected chi connectivity index (χ4v) is 2.97. The predicted octanol–water partition coefficient (Wildman–Crippen LogP) is 3.49. The van der Waals surface area contributed by atoms with Crippen LogP contribution in [-0.4, -0.2) is 11.6 Å². The van der Waals surface area contributed by atoms with Gasteiger partial charge in [0.15, 0.2) is 11.6 Å². The second kappa shape index (κ2) is 4.37. The Morgan fingerprint density at radius 1 is 0.727 bits per heavy atom. The SMILES string of the molecule is N#Cc1cccc2cc3c(cc12)C(=O)c1ccccc1C3=O. The number of nitrogens with zero attached hydrogens (tertiary/aromatic N) is 1. The highest BCUT2D eigenvalue weighted by molar-refractivity contribution is 6.29. The molecule has 3 nitrogen and oxygen atoms in total. The van der Waals surface area contributed by atoms with Crippen LogP contribution >= 0.6 is 0 Å². The van der Waals surface area contributed by atoms with Crippen LogP contribution in [0.4, 0.5) is 0 Å². The van der Waals surface area contributed by atoms with Crippen molar-refractivity contribution in [2.24, 2.45) is 0 Å². The van der Waals surface area contributed by atoms with Crippen molar-refractivity contribution in [2.45, 2.75) is 0 Å². The van der Waals surface area contributed by atoms with Crippen molar-refractivity contribution >= 4 is 22.3 Å². The molecule has 0 unspecified atom stereocenters. The smallest absolute Gasteiger partial charge is 0.194 e. The number of hydrogen-bond donors (Lipinski definition) is 0. The van der Waals surface area contributed by atoms with E-state index >= 15 is 0 Å². The maximum absolute atomic E-state index is 12.7. The van der Waals surface area contributed by atoms with Crippen LogP contribution < -0.4 is 0 Å². The number of ketones is 2. The summed E-state index contributed by atoms with van der Waals surface area (Å²) in [5.74, 6) is -0.311. The molecule has 0 aromatic heterocycles. The van der Waals surface area contributed by atoms with E-state index in [1.54, 1.807) is 48.5 Å². The molecule has 0 spiro atoms. The summed E-state index contributed by atoms with van der Waals surface area (Å²) in [5, 5.41) is 10.7. The number of carbonyl (C=O) groups excluding carboxylic acids is 2. The molecule has 3 aromatic carbocycles. The summed E-state index contributed by atoms with van der Waals surface area (Å²) >= 11 is 0. The Balaban J connectivity index is 2.09. The Morgan fingerprint density at radius 2 is 1.36 bits per heavy atom. The highest BCUT2D eigenvalue weighted by Crippen LogP contribution is 2.31. The van der Waals surface area contributed by atoms with Gasteiger partial charge >= 0.3 is 0 Å². The quantitative estimate of drug-likeness (QED) is 0.496. The van der Waals surface area contributed by atoms with Gasteiger partial charge in [-0.2, -0.15) is 5.26 Å². The molecule has 0 N–H and O–H groups in total. The maximum Gasteiger partial charge on any atom is 0.194 e. The first-order valence-electron chi connectivity index (χ1n) is 6.86. The Bertz CT molecular complexity index is 1030. The first-order chi connectivity index (χ1) is 10.7. The van der Waals surface area contributed by atoms with Crippen molar-refractivity contribution < 1.29 is 9.59 Å². The molecule has 3 aromatic rings. The Kier molecular flexibility index (Phi) is 2.48. The average molecular weight is 283 g/mol. The van der Waals surface area contributed by atoms with E-state index in [0.717, 1.165) is 5.39 Å². The molecule has 0 radical (unpaired) electrons. The third-order valence-electron chi connectivity index (χ3n) is 4.04. The molecule has 0 aliphatic heterocycles. The molecule has 0 atom stereocenters. The fraction of sp³-hybridized carbons (Fsp3) is 0. The number of nitriles is 1. The van der Waals surface area contributed by atoms with Gasteiger partial charge < -0.3 is 0 Å². The fourth-order valence-electron chi connectivity index (χ4n) is 2.97. The normalized spacial score (nSPS) is 12.7. The minimum Gasteiger partial charge on any atom is -0.289 e. The monoisotopic (exact) mass is 283 g/mol. The maximum atomic E-state index is 12.7. The van der Waals surface area contributed by atoms with Gasteiger partial charge in [-0.15, -0.1) is 0 Å². The molecule has 0 fully saturated rings. The number of carbonyl (C=O) groups is 2. The summed E-state index contributed by atoms with van der Waals surface area (Å²) < 4.78 is 0. The van der Waals surface area contributed by atoms with E-state index in [4.69, 9.17) is 0 Å². The molecule has 0 bridgehead atoms. The molecule has 22 heavy (non-hydrogen) atoms. The Morgan fingerprint density at radius 3 is 2.00 bits per heavy atom. The summed E-state index contributed by atoms with van der Waals surface area (Å²) in [7, 11) is 0. The van der Waals surface area contributed by atoms with E-state index < -0.39 is 0 Å². The molecule has 102 valence electrons. The first-order valence-corrected chi connectivity index (χ1v) is 6.86. The van der Waals surface area contributed by atoms with Crippen LogP contribution in [0.1, 0.15) is 37.4 Å². The number of rotatable bonds is 0. The summed E-state index contributed by atoms with van der Waals surface area (Å²) in [6.45, 7) is 0. The predicted molar refractivity (Wildman–Crippen MR) is 82.0 cm³/mol. The molecule has 3 heteroatoms. The zero-order valence-electron chi connectivity index (χ0n) is 11.5. The van der Waals surface area contributed by atoms with Crippen LogP contribution in [0.5, 0.6) is 0 Å². The van der Waals surface area contributed by atoms with Crippen LogP contribution in [0.2, 0.25) is 0 Å². The van der Waals surface area contributed by atoms with Gasteiger partial charge in [-0.1, -0.05) is 36.4 Å². The summed E-state index contributed by atoms with van der Waals surface area (Å²) in [6.07, 6.45) is 0. The van der Waals surface area contributed by atoms with Crippen LogP contribution in [0.3, 0.4) is 0 Å². The summed E-state index contributed by atoms with van der Waals surface area (Å²) in [4.78, 5) is 25.3. The lowest BCUT2D eigenvalue weighted by Gasteiger charge is -2.18. The lowest BCUT2D eigenvalue weighted by Crippen LogP contribution is -2.20. The van der Waals surface area contributed by atoms with Gasteiger partial charge in [0.25, 0.3) is 0 Å². The number of hydrogen-bond acceptors (Lipinski definition) is 3. The second-order valence-corrected chi connectivity index (χ2v) is 5.24. The standard InChI is InChI=1S/C19H9NO2/c20-10-12-5-3-4-11-8-16-17(9-15(11)12)19(22)14-7-2-1-6-13(14)18(16)21/h1-9H. The molecule has 0 amide bonds. The van der Waals surface area contributed by atoms with Gasteiger partial charge in [-0.25, -0.2) is 0 Å². The molecule has 1 aliphatic rings. The minimum atomic E-state index is -0.167. The van der Waals surface area contributed by atoms with Crippen molar-refractivity contribution in [2.75, 3.05) is 0 Å². The van der Waals surface area contributed by atoms with Gasteiger partial charge in [0, 0.05) is 27.6 Å². The zero-order valence-corrected chi connectivity index (χ0v) is 11.5. The first kappa shape index (κ1) is 12.5. The Hall–Kier alpha value is -3.25. The van der Waals surface area contributed by atoms with Gasteiger partial charge in [-0.3, -0.25) is 9.59 Å². The molecular weight excluding hydrogens is 274 g/mol. The van der Waals surface area contributed by atoms with E-state index in [0.29, 0.717) is 33.2 Å². The Labute approximate surface area is 126 Å². The molecular formula is C19H9NO2. The number of benzene rings is 3. The van der Waals surface area contributed by atoms with E-state index in [9.17, 15) is 14.9 Å². The van der Waals surface area contributed by atoms with Gasteiger partial charge in [0.1, 0.15) is 0 Å². The van der Waals surface area contributed by atoms with E-state index in [1.807, 2.05) is 6.07 Å². The van der Waals surface area contributed by atoms with Crippen LogP contribution in [-0.2, 0) is 0 Å². The molecule has 0 saturated heterocycles. The van der Waals surface area contributed by atoms with Crippen LogP contribution in [0.15, 0.2) is 54.6 Å². The van der Waals surface area contributed by atoms with Crippen LogP contribution in [0.25, 0.3) is 10.8 Å². The molecule has 0 heterocycles. The highest BCUT2D eigenvalue weighted by atomic mass is 16.1. The highest BCUT2D eigenvalue weighted by Gasteiger charge is 2.29. The third kappa shape index (κ3) is 1.55. The van der Waals surface area contributed by atoms with E-state index in [1.165, 1.54) is 0 Å². The lowest BCUT2D eigenvalue weighted by atomic mass is 9.82. The average Bonchev–Trinajstić information content (AvgIpc) is 2.58. The van der Waals surface area contributed by atoms with Crippen LogP contribution in [0, 0.1) is 11.3 Å². The van der Waals surface area contributed by atoms with Crippen molar-refractivity contribution in [3.8, 4) is 6.07 Å². The summed E-state index contributed by atoms with van der Waals surface area (Å²) in [6, 6.07) is 17.7. The van der Waals surface area contributed by atoms with Gasteiger partial charge in [0.2, 0.25) is 0 Å². The zero-order chi connectivity index (χ0) is 15.3. The largest absolute Gasteiger partial charge is 0.289 e. The van der Waals surface area contributed by atoms with Crippen molar-refractivity contribution in [1.29, 1.82) is 5.26 Å². The molecule has 4 rings (SSSR count). The van der Waals surface area contributed by atoms with E-state index in [2.05, 4.69) is 6.07 Å². The third-order valence-corrected chi connectivity index (χ3v) is 4.04. The second-order valence-electron chi connectivity index (χ2n) is 5.24. The summed E-state index contributed by atoms with van der Waals surface area (Å²) in [5.41, 5.74) is 2.15. The minimum absolute atomic E-state index is 0.144. The number of fused-ring (bicyclic) bond motifs is 3. The van der Waals surface area contributed by atoms with E-state index in [-0.39, 0.29) is 11.6 Å². The lowest BCUT2D eigenvalue weighted by molar-refractivity contribution is 0.0979. The molecule has 1 aliphatic carbocycles. The van der Waals surface area contributed by atoms with Crippen molar-refractivity contribution in [1.82, 2.24) is 0 Å². The topological polar surface area (TPSA) is 57.9 Å². The molecule has 0 saturated carbocycles.